The van der Waals surface area contributed by atoms with E-state index in [-0.39, 0.29) is 19.1 Å². The Kier molecular flexibility index (Phi) is 6.69. The number of carbonyl (C=O) groups is 1. The zero-order chi connectivity index (χ0) is 22.7. The molecule has 32 heavy (non-hydrogen) atoms. The van der Waals surface area contributed by atoms with Crippen LogP contribution in [0.4, 0.5) is 0 Å². The predicted molar refractivity (Wildman–Crippen MR) is 127 cm³/mol. The zero-order valence-corrected chi connectivity index (χ0v) is 19.3. The topological polar surface area (TPSA) is 63.9 Å². The SMILES string of the molecule is COc1ccc(/C=C2/NC(=S)N(Cc3ccco3)C2=O)cc1COc1ccc(Cl)cc1Cl. The number of halogens is 2. The number of hydrogen-bond donors (Lipinski definition) is 1. The lowest BCUT2D eigenvalue weighted by atomic mass is 10.1. The van der Waals surface area contributed by atoms with Crippen molar-refractivity contribution in [2.24, 2.45) is 0 Å². The van der Waals surface area contributed by atoms with E-state index in [1.54, 1.807) is 49.8 Å². The molecule has 0 bridgehead atoms. The molecule has 3 aromatic rings. The van der Waals surface area contributed by atoms with Gasteiger partial charge in [-0.3, -0.25) is 9.69 Å². The average molecular weight is 489 g/mol. The van der Waals surface area contributed by atoms with Gasteiger partial charge in [-0.05, 0) is 66.3 Å². The Morgan fingerprint density at radius 2 is 1.97 bits per heavy atom. The summed E-state index contributed by atoms with van der Waals surface area (Å²) in [7, 11) is 1.58. The molecule has 9 heteroatoms. The van der Waals surface area contributed by atoms with Gasteiger partial charge < -0.3 is 19.2 Å². The Morgan fingerprint density at radius 1 is 1.16 bits per heavy atom. The van der Waals surface area contributed by atoms with E-state index >= 15 is 0 Å². The highest BCUT2D eigenvalue weighted by molar-refractivity contribution is 7.80. The van der Waals surface area contributed by atoms with Crippen LogP contribution >= 0.6 is 35.4 Å². The number of amides is 1. The summed E-state index contributed by atoms with van der Waals surface area (Å²) < 4.78 is 16.6. The van der Waals surface area contributed by atoms with Gasteiger partial charge in [0.2, 0.25) is 0 Å². The molecule has 0 radical (unpaired) electrons. The second kappa shape index (κ2) is 9.65. The van der Waals surface area contributed by atoms with Crippen molar-refractivity contribution < 1.29 is 18.7 Å². The molecule has 0 aliphatic carbocycles. The van der Waals surface area contributed by atoms with E-state index < -0.39 is 0 Å². The number of thiocarbonyl (C=S) groups is 1. The van der Waals surface area contributed by atoms with Gasteiger partial charge in [-0.25, -0.2) is 0 Å². The van der Waals surface area contributed by atoms with Crippen molar-refractivity contribution in [3.05, 3.63) is 87.4 Å². The Bertz CT molecular complexity index is 1190. The third-order valence-electron chi connectivity index (χ3n) is 4.75. The van der Waals surface area contributed by atoms with Gasteiger partial charge in [0, 0.05) is 10.6 Å². The summed E-state index contributed by atoms with van der Waals surface area (Å²) in [4.78, 5) is 14.3. The molecule has 1 fully saturated rings. The molecule has 1 aromatic heterocycles. The summed E-state index contributed by atoms with van der Waals surface area (Å²) in [5.74, 6) is 1.58. The van der Waals surface area contributed by atoms with Gasteiger partial charge in [-0.1, -0.05) is 29.3 Å². The minimum absolute atomic E-state index is 0.214. The lowest BCUT2D eigenvalue weighted by molar-refractivity contribution is -0.122. The van der Waals surface area contributed by atoms with Crippen LogP contribution in [0.2, 0.25) is 10.0 Å². The quantitative estimate of drug-likeness (QED) is 0.353. The maximum absolute atomic E-state index is 12.8. The fourth-order valence-corrected chi connectivity index (χ4v) is 3.91. The lowest BCUT2D eigenvalue weighted by Crippen LogP contribution is -2.29. The Labute approximate surface area is 200 Å². The third kappa shape index (κ3) is 4.91. The molecule has 4 rings (SSSR count). The summed E-state index contributed by atoms with van der Waals surface area (Å²) in [5, 5.41) is 4.24. The molecule has 0 unspecified atom stereocenters. The number of benzene rings is 2. The van der Waals surface area contributed by atoms with Crippen LogP contribution in [-0.4, -0.2) is 23.0 Å². The molecule has 0 saturated carbocycles. The monoisotopic (exact) mass is 488 g/mol. The van der Waals surface area contributed by atoms with E-state index in [1.165, 1.54) is 4.90 Å². The molecule has 0 spiro atoms. The highest BCUT2D eigenvalue weighted by Crippen LogP contribution is 2.30. The summed E-state index contributed by atoms with van der Waals surface area (Å²) >= 11 is 17.4. The average Bonchev–Trinajstić information content (AvgIpc) is 3.37. The molecule has 0 atom stereocenters. The van der Waals surface area contributed by atoms with Crippen LogP contribution in [0.1, 0.15) is 16.9 Å². The Morgan fingerprint density at radius 3 is 2.69 bits per heavy atom. The van der Waals surface area contributed by atoms with Crippen molar-refractivity contribution in [1.82, 2.24) is 10.2 Å². The number of rotatable bonds is 7. The highest BCUT2D eigenvalue weighted by Gasteiger charge is 2.31. The second-order valence-electron chi connectivity index (χ2n) is 6.89. The van der Waals surface area contributed by atoms with E-state index in [9.17, 15) is 4.79 Å². The molecule has 1 saturated heterocycles. The van der Waals surface area contributed by atoms with Crippen LogP contribution in [0, 0.1) is 0 Å². The van der Waals surface area contributed by atoms with Crippen LogP contribution in [0.5, 0.6) is 11.5 Å². The summed E-state index contributed by atoms with van der Waals surface area (Å²) in [6.07, 6.45) is 3.29. The number of nitrogens with one attached hydrogen (secondary N) is 1. The molecule has 1 aliphatic rings. The normalized spacial score (nSPS) is 14.7. The highest BCUT2D eigenvalue weighted by atomic mass is 35.5. The van der Waals surface area contributed by atoms with Crippen LogP contribution in [0.25, 0.3) is 6.08 Å². The smallest absolute Gasteiger partial charge is 0.276 e. The number of carbonyl (C=O) groups excluding carboxylic acids is 1. The Hall–Kier alpha value is -3.00. The molecular weight excluding hydrogens is 471 g/mol. The number of methoxy groups -OCH3 is 1. The molecule has 1 aliphatic heterocycles. The van der Waals surface area contributed by atoms with Crippen molar-refractivity contribution in [1.29, 1.82) is 0 Å². The summed E-state index contributed by atoms with van der Waals surface area (Å²) in [6, 6.07) is 14.1. The first kappa shape index (κ1) is 22.2. The van der Waals surface area contributed by atoms with Crippen molar-refractivity contribution in [3.63, 3.8) is 0 Å². The first-order valence-electron chi connectivity index (χ1n) is 9.56. The van der Waals surface area contributed by atoms with Crippen molar-refractivity contribution in [2.45, 2.75) is 13.2 Å². The van der Waals surface area contributed by atoms with Crippen LogP contribution < -0.4 is 14.8 Å². The molecule has 6 nitrogen and oxygen atoms in total. The first-order chi connectivity index (χ1) is 15.4. The number of nitrogens with zero attached hydrogens (tertiary/aromatic N) is 1. The number of ether oxygens (including phenoxy) is 2. The molecular formula is C23H18Cl2N2O4S. The maximum atomic E-state index is 12.8. The zero-order valence-electron chi connectivity index (χ0n) is 16.9. The Balaban J connectivity index is 1.53. The van der Waals surface area contributed by atoms with E-state index in [2.05, 4.69) is 5.32 Å². The number of hydrogen-bond acceptors (Lipinski definition) is 5. The fourth-order valence-electron chi connectivity index (χ4n) is 3.19. The van der Waals surface area contributed by atoms with Gasteiger partial charge in [0.15, 0.2) is 5.11 Å². The van der Waals surface area contributed by atoms with Gasteiger partial charge in [-0.2, -0.15) is 0 Å². The standard InChI is InChI=1S/C23H18Cl2N2O4S/c1-29-20-6-4-14(9-15(20)13-31-21-7-5-16(24)11-18(21)25)10-19-22(28)27(23(32)26-19)12-17-3-2-8-30-17/h2-11H,12-13H2,1H3,(H,26,32)/b19-10+. The molecule has 1 amide bonds. The van der Waals surface area contributed by atoms with Crippen LogP contribution in [-0.2, 0) is 17.9 Å². The van der Waals surface area contributed by atoms with Crippen molar-refractivity contribution >= 4 is 52.5 Å². The van der Waals surface area contributed by atoms with Gasteiger partial charge in [0.25, 0.3) is 5.91 Å². The van der Waals surface area contributed by atoms with Crippen molar-refractivity contribution in [3.8, 4) is 11.5 Å². The molecule has 2 aromatic carbocycles. The van der Waals surface area contributed by atoms with Crippen LogP contribution in [0.3, 0.4) is 0 Å². The van der Waals surface area contributed by atoms with Gasteiger partial charge in [0.05, 0.1) is 24.9 Å². The predicted octanol–water partition coefficient (Wildman–Crippen LogP) is 5.43. The second-order valence-corrected chi connectivity index (χ2v) is 8.12. The van der Waals surface area contributed by atoms with E-state index in [0.717, 1.165) is 11.1 Å². The minimum atomic E-state index is -0.229. The van der Waals surface area contributed by atoms with E-state index in [1.807, 2.05) is 18.2 Å². The molecule has 164 valence electrons. The van der Waals surface area contributed by atoms with Gasteiger partial charge in [-0.15, -0.1) is 0 Å². The maximum Gasteiger partial charge on any atom is 0.276 e. The first-order valence-corrected chi connectivity index (χ1v) is 10.7. The minimum Gasteiger partial charge on any atom is -0.496 e. The largest absolute Gasteiger partial charge is 0.496 e. The van der Waals surface area contributed by atoms with Crippen molar-refractivity contribution in [2.75, 3.05) is 7.11 Å². The summed E-state index contributed by atoms with van der Waals surface area (Å²) in [5.41, 5.74) is 1.94. The lowest BCUT2D eigenvalue weighted by Gasteiger charge is -2.12. The number of furan rings is 1. The van der Waals surface area contributed by atoms with Gasteiger partial charge >= 0.3 is 0 Å². The third-order valence-corrected chi connectivity index (χ3v) is 5.60. The van der Waals surface area contributed by atoms with E-state index in [0.29, 0.717) is 38.1 Å². The summed E-state index contributed by atoms with van der Waals surface area (Å²) in [6.45, 7) is 0.477. The van der Waals surface area contributed by atoms with Crippen LogP contribution in [0.15, 0.2) is 64.9 Å². The fraction of sp³-hybridized carbons (Fsp3) is 0.130. The molecule has 1 N–H and O–H groups in total. The van der Waals surface area contributed by atoms with Gasteiger partial charge in [0.1, 0.15) is 29.6 Å². The molecule has 2 heterocycles. The van der Waals surface area contributed by atoms with E-state index in [4.69, 9.17) is 49.3 Å².